The molecule has 3 heterocycles. The lowest BCUT2D eigenvalue weighted by molar-refractivity contribution is -0.136. The lowest BCUT2D eigenvalue weighted by atomic mass is 10.0. The monoisotopic (exact) mass is 470 g/mol. The molecule has 2 saturated heterocycles. The smallest absolute Gasteiger partial charge is 0.255 e. The maximum Gasteiger partial charge on any atom is 0.255 e. The summed E-state index contributed by atoms with van der Waals surface area (Å²) >= 11 is 0. The van der Waals surface area contributed by atoms with Crippen LogP contribution >= 0.6 is 0 Å². The summed E-state index contributed by atoms with van der Waals surface area (Å²) in [7, 11) is 0. The molecule has 0 aliphatic carbocycles. The van der Waals surface area contributed by atoms with Crippen LogP contribution in [0.5, 0.6) is 5.75 Å². The van der Waals surface area contributed by atoms with Gasteiger partial charge in [-0.15, -0.1) is 0 Å². The van der Waals surface area contributed by atoms with Crippen molar-refractivity contribution in [1.29, 1.82) is 0 Å². The Morgan fingerprint density at radius 3 is 2.71 bits per heavy atom. The number of carbonyl (C=O) groups is 3. The van der Waals surface area contributed by atoms with Crippen molar-refractivity contribution in [3.05, 3.63) is 64.5 Å². The minimum absolute atomic E-state index is 0.0493. The van der Waals surface area contributed by atoms with E-state index in [4.69, 9.17) is 13.6 Å². The SMILES string of the molecule is [2H]C1(N2Cc3c(OCc4cccc(C([2H])([2H])N5CCOCC5)c4F)cccc3C2=O)CCC(=O)NC1=O. The first kappa shape index (κ1) is 19.1. The van der Waals surface area contributed by atoms with E-state index in [0.717, 1.165) is 4.90 Å². The second-order valence-electron chi connectivity index (χ2n) is 8.28. The number of imide groups is 1. The van der Waals surface area contributed by atoms with Crippen molar-refractivity contribution in [2.45, 2.75) is 38.5 Å². The summed E-state index contributed by atoms with van der Waals surface area (Å²) in [5.74, 6) is -2.26. The van der Waals surface area contributed by atoms with Gasteiger partial charge in [-0.05, 0) is 18.6 Å². The van der Waals surface area contributed by atoms with Crippen LogP contribution in [-0.4, -0.2) is 59.8 Å². The van der Waals surface area contributed by atoms with Crippen molar-refractivity contribution in [2.75, 3.05) is 26.3 Å². The average molecular weight is 471 g/mol. The minimum Gasteiger partial charge on any atom is -0.488 e. The van der Waals surface area contributed by atoms with Crippen LogP contribution < -0.4 is 10.1 Å². The maximum atomic E-state index is 15.5. The molecule has 0 radical (unpaired) electrons. The van der Waals surface area contributed by atoms with Crippen molar-refractivity contribution in [2.24, 2.45) is 0 Å². The lowest BCUT2D eigenvalue weighted by Crippen LogP contribution is -2.52. The Labute approximate surface area is 200 Å². The van der Waals surface area contributed by atoms with Crippen LogP contribution in [0, 0.1) is 5.82 Å². The minimum atomic E-state index is -2.03. The fourth-order valence-electron chi connectivity index (χ4n) is 4.30. The Morgan fingerprint density at radius 2 is 1.91 bits per heavy atom. The summed E-state index contributed by atoms with van der Waals surface area (Å²) in [5, 5.41) is 2.13. The van der Waals surface area contributed by atoms with E-state index in [1.165, 1.54) is 17.0 Å². The highest BCUT2D eigenvalue weighted by Gasteiger charge is 2.40. The highest BCUT2D eigenvalue weighted by Crippen LogP contribution is 2.34. The first-order valence-corrected chi connectivity index (χ1v) is 11.1. The second-order valence-corrected chi connectivity index (χ2v) is 8.28. The number of nitrogens with zero attached hydrogens (tertiary/aromatic N) is 2. The molecule has 3 aliphatic rings. The zero-order valence-corrected chi connectivity index (χ0v) is 18.4. The molecule has 2 aromatic carbocycles. The van der Waals surface area contributed by atoms with E-state index in [-0.39, 0.29) is 42.7 Å². The van der Waals surface area contributed by atoms with Crippen molar-refractivity contribution < 1.29 is 32.4 Å². The molecule has 2 fully saturated rings. The molecule has 34 heavy (non-hydrogen) atoms. The van der Waals surface area contributed by atoms with E-state index in [2.05, 4.69) is 5.32 Å². The number of halogens is 1. The maximum absolute atomic E-state index is 15.5. The number of nitrogens with one attached hydrogen (secondary N) is 1. The molecule has 178 valence electrons. The average Bonchev–Trinajstić information content (AvgIpc) is 3.24. The van der Waals surface area contributed by atoms with Gasteiger partial charge in [0.1, 0.15) is 24.2 Å². The van der Waals surface area contributed by atoms with Gasteiger partial charge in [0.2, 0.25) is 11.8 Å². The molecule has 3 aliphatic heterocycles. The number of amides is 3. The van der Waals surface area contributed by atoms with Gasteiger partial charge in [-0.2, -0.15) is 0 Å². The summed E-state index contributed by atoms with van der Waals surface area (Å²) in [6.45, 7) is -0.890. The summed E-state index contributed by atoms with van der Waals surface area (Å²) < 4.78 is 52.3. The standard InChI is InChI=1S/C25H26FN3O5/c26-23-16(13-28-9-11-33-12-10-28)3-1-4-17(23)15-34-21-6-2-5-18-19(21)14-29(25(18)32)20-7-8-22(30)27-24(20)31/h1-6,20H,7-15H2,(H,27,30,31)/i13D2,20D. The number of morpholine rings is 1. The highest BCUT2D eigenvalue weighted by molar-refractivity contribution is 6.05. The molecule has 1 unspecified atom stereocenters. The Bertz CT molecular complexity index is 1270. The van der Waals surface area contributed by atoms with E-state index >= 15 is 4.39 Å². The van der Waals surface area contributed by atoms with Gasteiger partial charge in [0.05, 0.1) is 21.1 Å². The van der Waals surface area contributed by atoms with Crippen LogP contribution in [-0.2, 0) is 34.0 Å². The molecule has 8 nitrogen and oxygen atoms in total. The number of rotatable bonds is 6. The quantitative estimate of drug-likeness (QED) is 0.650. The molecule has 2 aromatic rings. The van der Waals surface area contributed by atoms with Gasteiger partial charge in [0.15, 0.2) is 0 Å². The molecular weight excluding hydrogens is 441 g/mol. The van der Waals surface area contributed by atoms with Gasteiger partial charge < -0.3 is 14.4 Å². The Balaban J connectivity index is 1.36. The zero-order valence-electron chi connectivity index (χ0n) is 21.4. The third-order valence-corrected chi connectivity index (χ3v) is 6.11. The van der Waals surface area contributed by atoms with Gasteiger partial charge in [0, 0.05) is 51.0 Å². The van der Waals surface area contributed by atoms with Gasteiger partial charge >= 0.3 is 0 Å². The molecule has 5 rings (SSSR count). The van der Waals surface area contributed by atoms with Gasteiger partial charge in [-0.3, -0.25) is 24.6 Å². The molecule has 3 amide bonds. The van der Waals surface area contributed by atoms with Crippen molar-refractivity contribution >= 4 is 17.7 Å². The van der Waals surface area contributed by atoms with Gasteiger partial charge in [0.25, 0.3) is 5.91 Å². The largest absolute Gasteiger partial charge is 0.488 e. The summed E-state index contributed by atoms with van der Waals surface area (Å²) in [5.41, 5.74) is 0.787. The summed E-state index contributed by atoms with van der Waals surface area (Å²) in [6, 6.07) is 7.36. The topological polar surface area (TPSA) is 88.2 Å². The molecule has 1 N–H and O–H groups in total. The van der Waals surface area contributed by atoms with Crippen LogP contribution in [0.25, 0.3) is 0 Å². The molecule has 9 heteroatoms. The van der Waals surface area contributed by atoms with Crippen molar-refractivity contribution in [3.8, 4) is 5.75 Å². The number of carbonyl (C=O) groups excluding carboxylic acids is 3. The fraction of sp³-hybridized carbons (Fsp3) is 0.400. The number of fused-ring (bicyclic) bond motifs is 1. The van der Waals surface area contributed by atoms with Crippen LogP contribution in [0.15, 0.2) is 36.4 Å². The third kappa shape index (κ3) is 4.41. The third-order valence-electron chi connectivity index (χ3n) is 6.11. The van der Waals surface area contributed by atoms with Crippen molar-refractivity contribution in [1.82, 2.24) is 15.1 Å². The number of benzene rings is 2. The Morgan fingerprint density at radius 1 is 1.15 bits per heavy atom. The molecule has 0 saturated carbocycles. The molecule has 0 bridgehead atoms. The zero-order chi connectivity index (χ0) is 26.4. The second kappa shape index (κ2) is 9.52. The van der Waals surface area contributed by atoms with E-state index in [1.807, 2.05) is 0 Å². The normalized spacial score (nSPS) is 24.8. The first-order chi connectivity index (χ1) is 17.6. The van der Waals surface area contributed by atoms with Crippen LogP contribution in [0.2, 0.25) is 0 Å². The van der Waals surface area contributed by atoms with E-state index in [9.17, 15) is 14.4 Å². The highest BCUT2D eigenvalue weighted by atomic mass is 19.1. The fourth-order valence-corrected chi connectivity index (χ4v) is 4.30. The predicted octanol–water partition coefficient (Wildman–Crippen LogP) is 2.00. The van der Waals surface area contributed by atoms with Gasteiger partial charge in [-0.25, -0.2) is 4.39 Å². The number of ether oxygens (including phenoxy) is 2. The predicted molar refractivity (Wildman–Crippen MR) is 119 cm³/mol. The van der Waals surface area contributed by atoms with Crippen LogP contribution in [0.3, 0.4) is 0 Å². The number of piperidine rings is 1. The lowest BCUT2D eigenvalue weighted by Gasteiger charge is -2.29. The molecule has 0 spiro atoms. The molecule has 0 aromatic heterocycles. The summed E-state index contributed by atoms with van der Waals surface area (Å²) in [6.07, 6.45) is -0.164. The summed E-state index contributed by atoms with van der Waals surface area (Å²) in [4.78, 5) is 39.7. The van der Waals surface area contributed by atoms with E-state index in [1.54, 1.807) is 24.3 Å². The van der Waals surface area contributed by atoms with E-state index in [0.29, 0.717) is 37.6 Å². The van der Waals surface area contributed by atoms with Gasteiger partial charge in [-0.1, -0.05) is 24.3 Å². The Hall–Kier alpha value is -3.30. The molecular formula is C25H26FN3O5. The molecule has 1 atom stereocenters. The van der Waals surface area contributed by atoms with Crippen LogP contribution in [0.1, 0.15) is 44.0 Å². The Kier molecular flexibility index (Phi) is 5.33. The van der Waals surface area contributed by atoms with Crippen molar-refractivity contribution in [3.63, 3.8) is 0 Å². The number of hydrogen-bond donors (Lipinski definition) is 1. The van der Waals surface area contributed by atoms with E-state index < -0.39 is 36.1 Å². The van der Waals surface area contributed by atoms with Crippen LogP contribution in [0.4, 0.5) is 4.39 Å². The number of hydrogen-bond acceptors (Lipinski definition) is 6. The first-order valence-electron chi connectivity index (χ1n) is 12.6.